The van der Waals surface area contributed by atoms with Crippen molar-refractivity contribution < 1.29 is 0 Å². The molecular formula is C10H14. The molecule has 1 aliphatic carbocycles. The second-order valence-electron chi connectivity index (χ2n) is 2.54. The van der Waals surface area contributed by atoms with E-state index < -0.39 is 0 Å². The SMILES string of the molecule is C/C=C1/C=C(CC)C=CC1. The maximum Gasteiger partial charge on any atom is -0.00974 e. The first-order chi connectivity index (χ1) is 4.86. The fourth-order valence-corrected chi connectivity index (χ4v) is 1.11. The molecule has 0 amide bonds. The third-order valence-electron chi connectivity index (χ3n) is 1.84. The van der Waals surface area contributed by atoms with E-state index >= 15 is 0 Å². The highest BCUT2D eigenvalue weighted by Gasteiger charge is 1.96. The summed E-state index contributed by atoms with van der Waals surface area (Å²) in [6.45, 7) is 4.28. The van der Waals surface area contributed by atoms with Gasteiger partial charge in [0, 0.05) is 0 Å². The van der Waals surface area contributed by atoms with Crippen molar-refractivity contribution in [1.82, 2.24) is 0 Å². The Balaban J connectivity index is 2.74. The molecule has 0 aromatic carbocycles. The van der Waals surface area contributed by atoms with Gasteiger partial charge in [-0.05, 0) is 30.9 Å². The van der Waals surface area contributed by atoms with Crippen LogP contribution in [0.25, 0.3) is 0 Å². The Morgan fingerprint density at radius 3 is 3.00 bits per heavy atom. The molecule has 0 unspecified atom stereocenters. The lowest BCUT2D eigenvalue weighted by atomic mass is 10.0. The average Bonchev–Trinajstić information content (AvgIpc) is 2.05. The molecule has 0 heteroatoms. The van der Waals surface area contributed by atoms with Crippen molar-refractivity contribution in [2.24, 2.45) is 0 Å². The molecule has 0 saturated carbocycles. The summed E-state index contributed by atoms with van der Waals surface area (Å²) in [7, 11) is 0. The van der Waals surface area contributed by atoms with E-state index in [0.717, 1.165) is 12.8 Å². The van der Waals surface area contributed by atoms with Gasteiger partial charge < -0.3 is 0 Å². The molecule has 0 radical (unpaired) electrons. The van der Waals surface area contributed by atoms with Gasteiger partial charge in [-0.25, -0.2) is 0 Å². The molecule has 0 aromatic rings. The summed E-state index contributed by atoms with van der Waals surface area (Å²) >= 11 is 0. The van der Waals surface area contributed by atoms with Gasteiger partial charge in [0.2, 0.25) is 0 Å². The second-order valence-corrected chi connectivity index (χ2v) is 2.54. The van der Waals surface area contributed by atoms with Crippen LogP contribution in [0, 0.1) is 0 Å². The Labute approximate surface area is 62.9 Å². The van der Waals surface area contributed by atoms with Gasteiger partial charge in [0.1, 0.15) is 0 Å². The van der Waals surface area contributed by atoms with Crippen LogP contribution in [-0.2, 0) is 0 Å². The number of hydrogen-bond acceptors (Lipinski definition) is 0. The molecule has 0 spiro atoms. The zero-order valence-electron chi connectivity index (χ0n) is 6.72. The van der Waals surface area contributed by atoms with Crippen molar-refractivity contribution >= 4 is 0 Å². The lowest BCUT2D eigenvalue weighted by Gasteiger charge is -2.06. The van der Waals surface area contributed by atoms with Crippen molar-refractivity contribution in [3.05, 3.63) is 35.5 Å². The highest BCUT2D eigenvalue weighted by molar-refractivity contribution is 5.35. The van der Waals surface area contributed by atoms with Crippen LogP contribution in [0.15, 0.2) is 35.5 Å². The zero-order chi connectivity index (χ0) is 7.40. The van der Waals surface area contributed by atoms with Crippen LogP contribution in [0.5, 0.6) is 0 Å². The van der Waals surface area contributed by atoms with Gasteiger partial charge in [-0.1, -0.05) is 31.2 Å². The molecule has 0 fully saturated rings. The average molecular weight is 134 g/mol. The monoisotopic (exact) mass is 134 g/mol. The van der Waals surface area contributed by atoms with E-state index in [1.54, 1.807) is 0 Å². The Kier molecular flexibility index (Phi) is 2.49. The fraction of sp³-hybridized carbons (Fsp3) is 0.400. The lowest BCUT2D eigenvalue weighted by Crippen LogP contribution is -1.85. The third kappa shape index (κ3) is 1.60. The molecule has 54 valence electrons. The summed E-state index contributed by atoms with van der Waals surface area (Å²) in [5.41, 5.74) is 2.89. The molecule has 0 nitrogen and oxygen atoms in total. The minimum Gasteiger partial charge on any atom is -0.0841 e. The standard InChI is InChI=1S/C10H14/c1-3-9-6-5-7-10(4-2)8-9/h3,5,7-8H,4,6H2,1-2H3/b9-3+. The van der Waals surface area contributed by atoms with Gasteiger partial charge in [-0.15, -0.1) is 0 Å². The largest absolute Gasteiger partial charge is 0.0841 e. The molecule has 1 aliphatic rings. The molecule has 1 rings (SSSR count). The Morgan fingerprint density at radius 1 is 1.60 bits per heavy atom. The highest BCUT2D eigenvalue weighted by atomic mass is 14.0. The van der Waals surface area contributed by atoms with Crippen LogP contribution < -0.4 is 0 Å². The van der Waals surface area contributed by atoms with Crippen molar-refractivity contribution in [1.29, 1.82) is 0 Å². The van der Waals surface area contributed by atoms with Gasteiger partial charge >= 0.3 is 0 Å². The van der Waals surface area contributed by atoms with Crippen LogP contribution in [0.3, 0.4) is 0 Å². The maximum atomic E-state index is 2.28. The summed E-state index contributed by atoms with van der Waals surface area (Å²) in [4.78, 5) is 0. The number of hydrogen-bond donors (Lipinski definition) is 0. The Hall–Kier alpha value is -0.780. The minimum atomic E-state index is 1.11. The smallest absolute Gasteiger partial charge is 0.00974 e. The third-order valence-corrected chi connectivity index (χ3v) is 1.84. The zero-order valence-corrected chi connectivity index (χ0v) is 6.72. The van der Waals surface area contributed by atoms with Gasteiger partial charge in [-0.2, -0.15) is 0 Å². The first-order valence-corrected chi connectivity index (χ1v) is 3.89. The number of allylic oxidation sites excluding steroid dienone is 6. The van der Waals surface area contributed by atoms with Crippen LogP contribution in [-0.4, -0.2) is 0 Å². The summed E-state index contributed by atoms with van der Waals surface area (Å²) in [6.07, 6.45) is 11.2. The molecule has 0 bridgehead atoms. The quantitative estimate of drug-likeness (QED) is 0.516. The molecule has 0 aromatic heterocycles. The molecule has 0 aliphatic heterocycles. The molecule has 0 saturated heterocycles. The molecule has 0 N–H and O–H groups in total. The Bertz CT molecular complexity index is 192. The topological polar surface area (TPSA) is 0 Å². The lowest BCUT2D eigenvalue weighted by molar-refractivity contribution is 1.10. The predicted octanol–water partition coefficient (Wildman–Crippen LogP) is 3.23. The predicted molar refractivity (Wildman–Crippen MR) is 45.9 cm³/mol. The first kappa shape index (κ1) is 7.33. The second kappa shape index (κ2) is 3.40. The fourth-order valence-electron chi connectivity index (χ4n) is 1.11. The van der Waals surface area contributed by atoms with E-state index in [4.69, 9.17) is 0 Å². The minimum absolute atomic E-state index is 1.11. The van der Waals surface area contributed by atoms with Crippen molar-refractivity contribution in [2.75, 3.05) is 0 Å². The highest BCUT2D eigenvalue weighted by Crippen LogP contribution is 2.17. The normalized spacial score (nSPS) is 21.4. The van der Waals surface area contributed by atoms with Gasteiger partial charge in [0.15, 0.2) is 0 Å². The maximum absolute atomic E-state index is 2.28. The summed E-state index contributed by atoms with van der Waals surface area (Å²) in [5, 5.41) is 0. The number of rotatable bonds is 1. The van der Waals surface area contributed by atoms with Crippen molar-refractivity contribution in [3.63, 3.8) is 0 Å². The van der Waals surface area contributed by atoms with Crippen LogP contribution in [0.2, 0.25) is 0 Å². The van der Waals surface area contributed by atoms with E-state index in [1.807, 2.05) is 0 Å². The summed E-state index contributed by atoms with van der Waals surface area (Å²) in [6, 6.07) is 0. The van der Waals surface area contributed by atoms with Crippen molar-refractivity contribution in [2.45, 2.75) is 26.7 Å². The van der Waals surface area contributed by atoms with Crippen LogP contribution in [0.4, 0.5) is 0 Å². The Morgan fingerprint density at radius 2 is 2.40 bits per heavy atom. The van der Waals surface area contributed by atoms with E-state index in [0.29, 0.717) is 0 Å². The summed E-state index contributed by atoms with van der Waals surface area (Å²) < 4.78 is 0. The van der Waals surface area contributed by atoms with Gasteiger partial charge in [-0.3, -0.25) is 0 Å². The van der Waals surface area contributed by atoms with Crippen LogP contribution >= 0.6 is 0 Å². The van der Waals surface area contributed by atoms with E-state index in [9.17, 15) is 0 Å². The van der Waals surface area contributed by atoms with Gasteiger partial charge in [0.25, 0.3) is 0 Å². The van der Waals surface area contributed by atoms with Gasteiger partial charge in [0.05, 0.1) is 0 Å². The van der Waals surface area contributed by atoms with E-state index in [-0.39, 0.29) is 0 Å². The van der Waals surface area contributed by atoms with Crippen molar-refractivity contribution in [3.8, 4) is 0 Å². The first-order valence-electron chi connectivity index (χ1n) is 3.89. The summed E-state index contributed by atoms with van der Waals surface area (Å²) in [5.74, 6) is 0. The van der Waals surface area contributed by atoms with E-state index in [1.165, 1.54) is 11.1 Å². The van der Waals surface area contributed by atoms with E-state index in [2.05, 4.69) is 38.2 Å². The molecule has 0 atom stereocenters. The van der Waals surface area contributed by atoms with Crippen LogP contribution in [0.1, 0.15) is 26.7 Å². The molecular weight excluding hydrogens is 120 g/mol. The molecule has 0 heterocycles. The molecule has 10 heavy (non-hydrogen) atoms.